The van der Waals surface area contributed by atoms with Gasteiger partial charge in [0, 0.05) is 23.0 Å². The molecule has 0 spiro atoms. The number of methoxy groups -OCH3 is 1. The van der Waals surface area contributed by atoms with Crippen LogP contribution in [0.2, 0.25) is 5.02 Å². The molecule has 0 bridgehead atoms. The molecule has 0 aliphatic carbocycles. The molecule has 7 heteroatoms. The molecule has 0 aliphatic rings. The van der Waals surface area contributed by atoms with Gasteiger partial charge < -0.3 is 4.74 Å². The summed E-state index contributed by atoms with van der Waals surface area (Å²) in [6.45, 7) is 0. The number of nitrogens with one attached hydrogen (secondary N) is 1. The van der Waals surface area contributed by atoms with Crippen molar-refractivity contribution in [2.24, 2.45) is 5.84 Å². The van der Waals surface area contributed by atoms with Gasteiger partial charge in [0.25, 0.3) is 0 Å². The molecule has 2 rings (SSSR count). The fourth-order valence-corrected chi connectivity index (χ4v) is 1.90. The van der Waals surface area contributed by atoms with E-state index in [1.54, 1.807) is 6.07 Å². The van der Waals surface area contributed by atoms with Gasteiger partial charge in [-0.3, -0.25) is 10.8 Å². The summed E-state index contributed by atoms with van der Waals surface area (Å²) in [5.74, 6) is 5.29. The minimum Gasteiger partial charge on any atom is -0.480 e. The van der Waals surface area contributed by atoms with Crippen LogP contribution in [0.5, 0.6) is 5.88 Å². The number of hydrogen-bond acceptors (Lipinski definition) is 5. The monoisotopic (exact) mass is 282 g/mol. The normalized spacial score (nSPS) is 12.2. The Morgan fingerprint density at radius 1 is 1.37 bits per heavy atom. The van der Waals surface area contributed by atoms with Crippen molar-refractivity contribution in [2.45, 2.75) is 6.04 Å². The third-order valence-electron chi connectivity index (χ3n) is 2.60. The first-order valence-corrected chi connectivity index (χ1v) is 5.81. The van der Waals surface area contributed by atoms with Crippen molar-refractivity contribution in [3.63, 3.8) is 0 Å². The Hall–Kier alpha value is -1.76. The summed E-state index contributed by atoms with van der Waals surface area (Å²) >= 11 is 5.73. The molecule has 19 heavy (non-hydrogen) atoms. The van der Waals surface area contributed by atoms with Crippen LogP contribution in [0, 0.1) is 5.82 Å². The summed E-state index contributed by atoms with van der Waals surface area (Å²) in [4.78, 5) is 8.14. The fraction of sp³-hybridized carbons (Fsp3) is 0.167. The smallest absolute Gasteiger partial charge is 0.237 e. The minimum absolute atomic E-state index is 0.278. The van der Waals surface area contributed by atoms with Crippen LogP contribution in [0.25, 0.3) is 0 Å². The quantitative estimate of drug-likeness (QED) is 0.661. The number of rotatable bonds is 4. The predicted octanol–water partition coefficient (Wildman–Crippen LogP) is 1.83. The van der Waals surface area contributed by atoms with E-state index in [1.165, 1.54) is 31.6 Å². The molecular weight excluding hydrogens is 271 g/mol. The number of benzene rings is 1. The lowest BCUT2D eigenvalue weighted by atomic mass is 10.0. The minimum atomic E-state index is -0.680. The topological polar surface area (TPSA) is 73.1 Å². The van der Waals surface area contributed by atoms with Crippen LogP contribution >= 0.6 is 11.6 Å². The van der Waals surface area contributed by atoms with Gasteiger partial charge in [-0.1, -0.05) is 17.7 Å². The third kappa shape index (κ3) is 2.81. The second-order valence-corrected chi connectivity index (χ2v) is 4.15. The molecule has 0 amide bonds. The highest BCUT2D eigenvalue weighted by atomic mass is 35.5. The summed E-state index contributed by atoms with van der Waals surface area (Å²) in [5, 5.41) is 0.308. The van der Waals surface area contributed by atoms with Gasteiger partial charge in [-0.25, -0.2) is 14.8 Å². The highest BCUT2D eigenvalue weighted by Crippen LogP contribution is 2.28. The largest absolute Gasteiger partial charge is 0.480 e. The second-order valence-electron chi connectivity index (χ2n) is 3.72. The lowest BCUT2D eigenvalue weighted by molar-refractivity contribution is 0.382. The predicted molar refractivity (Wildman–Crippen MR) is 69.2 cm³/mol. The van der Waals surface area contributed by atoms with Gasteiger partial charge >= 0.3 is 0 Å². The number of halogens is 2. The molecule has 0 saturated heterocycles. The van der Waals surface area contributed by atoms with Crippen LogP contribution in [-0.4, -0.2) is 17.1 Å². The number of hydrogen-bond donors (Lipinski definition) is 2. The maximum atomic E-state index is 13.9. The van der Waals surface area contributed by atoms with E-state index in [0.717, 1.165) is 0 Å². The molecule has 1 aromatic heterocycles. The molecule has 0 aliphatic heterocycles. The van der Waals surface area contributed by atoms with Gasteiger partial charge in [0.15, 0.2) is 0 Å². The highest BCUT2D eigenvalue weighted by molar-refractivity contribution is 6.30. The van der Waals surface area contributed by atoms with Crippen molar-refractivity contribution in [1.82, 2.24) is 15.4 Å². The average Bonchev–Trinajstić information content (AvgIpc) is 2.42. The van der Waals surface area contributed by atoms with E-state index in [-0.39, 0.29) is 5.88 Å². The number of hydrazine groups is 1. The Balaban J connectivity index is 2.50. The van der Waals surface area contributed by atoms with Crippen molar-refractivity contribution in [1.29, 1.82) is 0 Å². The van der Waals surface area contributed by atoms with Crippen LogP contribution in [0.4, 0.5) is 4.39 Å². The first-order valence-electron chi connectivity index (χ1n) is 5.43. The molecular formula is C12H12ClFN4O. The van der Waals surface area contributed by atoms with Gasteiger partial charge in [0.1, 0.15) is 11.5 Å². The first-order chi connectivity index (χ1) is 9.17. The van der Waals surface area contributed by atoms with E-state index in [1.807, 2.05) is 0 Å². The molecule has 0 fully saturated rings. The molecule has 0 saturated carbocycles. The molecule has 2 aromatic rings. The molecule has 5 nitrogen and oxygen atoms in total. The van der Waals surface area contributed by atoms with Crippen molar-refractivity contribution >= 4 is 11.6 Å². The van der Waals surface area contributed by atoms with Gasteiger partial charge in [-0.15, -0.1) is 0 Å². The SMILES string of the molecule is COc1nccnc1C(NN)c1ccc(Cl)cc1F. The van der Waals surface area contributed by atoms with Crippen LogP contribution in [0.3, 0.4) is 0 Å². The van der Waals surface area contributed by atoms with E-state index in [2.05, 4.69) is 15.4 Å². The lowest BCUT2D eigenvalue weighted by Crippen LogP contribution is -2.30. The third-order valence-corrected chi connectivity index (χ3v) is 2.83. The summed E-state index contributed by atoms with van der Waals surface area (Å²) < 4.78 is 19.0. The summed E-state index contributed by atoms with van der Waals surface area (Å²) in [7, 11) is 1.46. The van der Waals surface area contributed by atoms with E-state index in [4.69, 9.17) is 22.2 Å². The molecule has 1 unspecified atom stereocenters. The number of nitrogens with two attached hydrogens (primary N) is 1. The van der Waals surface area contributed by atoms with Gasteiger partial charge in [0.2, 0.25) is 5.88 Å². The Morgan fingerprint density at radius 2 is 2.11 bits per heavy atom. The van der Waals surface area contributed by atoms with Crippen LogP contribution in [0.1, 0.15) is 17.3 Å². The second kappa shape index (κ2) is 5.92. The van der Waals surface area contributed by atoms with Crippen molar-refractivity contribution in [3.8, 4) is 5.88 Å². The van der Waals surface area contributed by atoms with Gasteiger partial charge in [0.05, 0.1) is 13.2 Å². The number of aromatic nitrogens is 2. The maximum absolute atomic E-state index is 13.9. The first kappa shape index (κ1) is 13.7. The maximum Gasteiger partial charge on any atom is 0.237 e. The summed E-state index contributed by atoms with van der Waals surface area (Å²) in [5.41, 5.74) is 3.21. The zero-order chi connectivity index (χ0) is 13.8. The van der Waals surface area contributed by atoms with Crippen LogP contribution in [0.15, 0.2) is 30.6 Å². The molecule has 0 radical (unpaired) electrons. The molecule has 1 aromatic carbocycles. The Bertz CT molecular complexity index is 581. The zero-order valence-corrected chi connectivity index (χ0v) is 10.9. The molecule has 1 atom stereocenters. The van der Waals surface area contributed by atoms with Crippen LogP contribution < -0.4 is 16.0 Å². The van der Waals surface area contributed by atoms with Gasteiger partial charge in [-0.05, 0) is 12.1 Å². The van der Waals surface area contributed by atoms with E-state index in [0.29, 0.717) is 16.3 Å². The number of ether oxygens (including phenoxy) is 1. The summed E-state index contributed by atoms with van der Waals surface area (Å²) in [6.07, 6.45) is 2.96. The Kier molecular flexibility index (Phi) is 4.26. The fourth-order valence-electron chi connectivity index (χ4n) is 1.74. The Labute approximate surface area is 114 Å². The average molecular weight is 283 g/mol. The van der Waals surface area contributed by atoms with Gasteiger partial charge in [-0.2, -0.15) is 0 Å². The van der Waals surface area contributed by atoms with Crippen molar-refractivity contribution in [2.75, 3.05) is 7.11 Å². The lowest BCUT2D eigenvalue weighted by Gasteiger charge is -2.18. The van der Waals surface area contributed by atoms with E-state index in [9.17, 15) is 4.39 Å². The Morgan fingerprint density at radius 3 is 2.74 bits per heavy atom. The highest BCUT2D eigenvalue weighted by Gasteiger charge is 2.22. The standard InChI is InChI=1S/C12H12ClFN4O/c1-19-12-11(16-4-5-17-12)10(18-15)8-3-2-7(13)6-9(8)14/h2-6,10,18H,15H2,1H3. The van der Waals surface area contributed by atoms with Crippen molar-refractivity contribution < 1.29 is 9.13 Å². The van der Waals surface area contributed by atoms with Crippen molar-refractivity contribution in [3.05, 3.63) is 52.7 Å². The molecule has 3 N–H and O–H groups in total. The zero-order valence-electron chi connectivity index (χ0n) is 10.1. The van der Waals surface area contributed by atoms with E-state index >= 15 is 0 Å². The number of nitrogens with zero attached hydrogens (tertiary/aromatic N) is 2. The molecule has 100 valence electrons. The van der Waals surface area contributed by atoms with Crippen LogP contribution in [-0.2, 0) is 0 Å². The summed E-state index contributed by atoms with van der Waals surface area (Å²) in [6, 6.07) is 3.65. The van der Waals surface area contributed by atoms with E-state index < -0.39 is 11.9 Å². The molecule has 1 heterocycles.